The number of aliphatic carboxylic acids is 1. The molecule has 1 aromatic heterocycles. The van der Waals surface area contributed by atoms with Crippen molar-refractivity contribution >= 4 is 271 Å². The Hall–Kier alpha value is -8.88. The molecule has 1 saturated heterocycles. The summed E-state index contributed by atoms with van der Waals surface area (Å²) in [6.07, 6.45) is 5.39. The Morgan fingerprint density at radius 3 is 1.40 bits per heavy atom. The van der Waals surface area contributed by atoms with Gasteiger partial charge in [-0.1, -0.05) is 258 Å². The van der Waals surface area contributed by atoms with Crippen molar-refractivity contribution < 1.29 is 53.5 Å². The molecule has 5 heterocycles. The summed E-state index contributed by atoms with van der Waals surface area (Å²) in [4.78, 5) is 74.4. The van der Waals surface area contributed by atoms with Crippen LogP contribution in [-0.2, 0) is 54.3 Å². The second-order valence-electron chi connectivity index (χ2n) is 29.9. The molecular formula is C99H89BBr2Cl12N5O12. The van der Waals surface area contributed by atoms with Crippen LogP contribution in [0.2, 0.25) is 60.3 Å². The fraction of sp³-hybridized carbons (Fsp3) is 0.212. The quantitative estimate of drug-likeness (QED) is 0.0231. The molecule has 0 unspecified atom stereocenters. The largest absolute Gasteiger partial charge is 0.480 e. The van der Waals surface area contributed by atoms with E-state index in [0.29, 0.717) is 128 Å². The van der Waals surface area contributed by atoms with Gasteiger partial charge in [-0.15, -0.1) is 0 Å². The molecule has 0 aliphatic carbocycles. The van der Waals surface area contributed by atoms with E-state index in [4.69, 9.17) is 160 Å². The van der Waals surface area contributed by atoms with E-state index in [-0.39, 0.29) is 38.9 Å². The summed E-state index contributed by atoms with van der Waals surface area (Å²) in [6.45, 7) is 18.2. The lowest BCUT2D eigenvalue weighted by molar-refractivity contribution is -0.141. The van der Waals surface area contributed by atoms with E-state index in [2.05, 4.69) is 90.2 Å². The summed E-state index contributed by atoms with van der Waals surface area (Å²) in [5, 5.41) is 37.6. The van der Waals surface area contributed by atoms with Gasteiger partial charge in [0, 0.05) is 73.2 Å². The molecule has 13 aromatic rings. The zero-order chi connectivity index (χ0) is 95.1. The van der Waals surface area contributed by atoms with E-state index in [9.17, 15) is 39.0 Å². The Morgan fingerprint density at radius 1 is 0.450 bits per heavy atom. The number of carboxylic acid groups (broad SMARTS) is 3. The van der Waals surface area contributed by atoms with Crippen LogP contribution in [0.4, 0.5) is 39.8 Å². The maximum Gasteiger partial charge on any atom is 0.336 e. The van der Waals surface area contributed by atoms with Crippen molar-refractivity contribution in [2.45, 2.75) is 93.9 Å². The first-order chi connectivity index (χ1) is 61.8. The Labute approximate surface area is 839 Å². The number of ether oxygens (including phenoxy) is 3. The SMILES string of the molecule is C1CCOC1.CCOC(=O)CBr.CCOC(=O)CN1c2cc(C)ccc2Cc2ccc(Cl)c(Cl)c21.Cc1ccc(C(=O)O)c(Br)c1.Cc1ccc(C(=O)O)c(Cc2cccc(Cl)c2Cl)c1.Cc1ccc2c(=O)c3ccc(Cl)c(Cl)c3[nH]c2c1.Cc1ccc2c(c1)N(CC(=O)O)c1c(ccc(Cl)c1Cl)C2.Cc1ccc2c(c1)Nc1c(ccc(Cl)c1Cl)C2.Nc1cccc(Cl)c1Cl.[B]. The molecule has 0 atom stereocenters. The zero-order valence-corrected chi connectivity index (χ0v) is 84.3. The molecular weight excluding hydrogens is 2050 g/mol. The van der Waals surface area contributed by atoms with Crippen LogP contribution in [0.5, 0.6) is 0 Å². The lowest BCUT2D eigenvalue weighted by Crippen LogP contribution is -2.31. The van der Waals surface area contributed by atoms with Crippen LogP contribution in [0.3, 0.4) is 0 Å². The number of nitrogens with zero attached hydrogens (tertiary/aromatic N) is 2. The predicted molar refractivity (Wildman–Crippen MR) is 550 cm³/mol. The number of aryl methyl sites for hydroxylation is 6. The Morgan fingerprint density at radius 2 is 0.885 bits per heavy atom. The van der Waals surface area contributed by atoms with Crippen molar-refractivity contribution in [3.63, 3.8) is 0 Å². The van der Waals surface area contributed by atoms with E-state index in [1.54, 1.807) is 104 Å². The fourth-order valence-corrected chi connectivity index (χ4v) is 17.1. The number of pyridine rings is 1. The minimum Gasteiger partial charge on any atom is -0.480 e. The summed E-state index contributed by atoms with van der Waals surface area (Å²) in [6, 6.07) is 59.9. The zero-order valence-electron chi connectivity index (χ0n) is 72.0. The van der Waals surface area contributed by atoms with E-state index in [1.165, 1.54) is 29.5 Å². The van der Waals surface area contributed by atoms with E-state index < -0.39 is 17.9 Å². The number of nitrogens with one attached hydrogen (secondary N) is 2. The number of carbonyl (C=O) groups is 5. The number of hydrogen-bond acceptors (Lipinski definition) is 13. The van der Waals surface area contributed by atoms with E-state index in [0.717, 1.165) is 128 Å². The number of aromatic carboxylic acids is 2. The Bertz CT molecular complexity index is 6400. The number of nitrogens with two attached hydrogens (primary N) is 1. The number of nitrogen functional groups attached to an aromatic ring is 1. The molecule has 12 aromatic carbocycles. The second-order valence-corrected chi connectivity index (χ2v) is 36.0. The highest BCUT2D eigenvalue weighted by Gasteiger charge is 2.31. The first-order valence-corrected chi connectivity index (χ1v) is 46.8. The highest BCUT2D eigenvalue weighted by molar-refractivity contribution is 9.10. The molecule has 17 rings (SSSR count). The Balaban J connectivity index is 0.000000187. The number of carbonyl (C=O) groups excluding carboxylic acids is 2. The fourth-order valence-electron chi connectivity index (χ4n) is 13.9. The summed E-state index contributed by atoms with van der Waals surface area (Å²) in [7, 11) is 0. The number of halogens is 14. The molecule has 3 radical (unpaired) electrons. The third kappa shape index (κ3) is 29.3. The van der Waals surface area contributed by atoms with Gasteiger partial charge in [-0.3, -0.25) is 19.2 Å². The topological polar surface area (TPSA) is 251 Å². The van der Waals surface area contributed by atoms with Crippen molar-refractivity contribution in [3.05, 3.63) is 358 Å². The lowest BCUT2D eigenvalue weighted by Gasteiger charge is -2.34. The normalized spacial score (nSPS) is 11.8. The summed E-state index contributed by atoms with van der Waals surface area (Å²) >= 11 is 78.9. The lowest BCUT2D eigenvalue weighted by atomic mass is 9.94. The molecule has 17 nitrogen and oxygen atoms in total. The molecule has 7 N–H and O–H groups in total. The van der Waals surface area contributed by atoms with E-state index >= 15 is 0 Å². The van der Waals surface area contributed by atoms with Crippen molar-refractivity contribution in [3.8, 4) is 0 Å². The number of alkyl halides is 1. The van der Waals surface area contributed by atoms with Gasteiger partial charge in [-0.25, -0.2) is 9.59 Å². The Kier molecular flexibility index (Phi) is 41.8. The maximum absolute atomic E-state index is 12.3. The molecule has 32 heteroatoms. The van der Waals surface area contributed by atoms with Crippen LogP contribution in [0.15, 0.2) is 203 Å². The van der Waals surface area contributed by atoms with Crippen LogP contribution in [0.1, 0.15) is 125 Å². The number of aromatic amines is 1. The number of carboxylic acids is 3. The summed E-state index contributed by atoms with van der Waals surface area (Å²) in [5.74, 6) is -3.25. The van der Waals surface area contributed by atoms with Gasteiger partial charge in [-0.05, 0) is 260 Å². The number of H-pyrrole nitrogens is 1. The van der Waals surface area contributed by atoms with Gasteiger partial charge in [0.15, 0.2) is 5.43 Å². The highest BCUT2D eigenvalue weighted by Crippen LogP contribution is 2.48. The van der Waals surface area contributed by atoms with Gasteiger partial charge in [0.05, 0.1) is 118 Å². The molecule has 0 spiro atoms. The second kappa shape index (κ2) is 51.0. The van der Waals surface area contributed by atoms with Crippen LogP contribution in [0.25, 0.3) is 21.8 Å². The molecule has 0 bridgehead atoms. The average Bonchev–Trinajstić information content (AvgIpc) is 1.04. The summed E-state index contributed by atoms with van der Waals surface area (Å²) < 4.78 is 15.2. The molecule has 131 heavy (non-hydrogen) atoms. The minimum absolute atomic E-state index is 0. The van der Waals surface area contributed by atoms with Gasteiger partial charge in [0.25, 0.3) is 0 Å². The van der Waals surface area contributed by atoms with Crippen LogP contribution in [0, 0.1) is 41.5 Å². The first kappa shape index (κ1) is 107. The summed E-state index contributed by atoms with van der Waals surface area (Å²) in [5.41, 5.74) is 28.2. The van der Waals surface area contributed by atoms with Gasteiger partial charge in [0.2, 0.25) is 0 Å². The molecule has 4 aliphatic rings. The van der Waals surface area contributed by atoms with E-state index in [1.807, 2.05) is 112 Å². The van der Waals surface area contributed by atoms with Crippen LogP contribution < -0.4 is 26.3 Å². The van der Waals surface area contributed by atoms with Crippen molar-refractivity contribution in [2.75, 3.05) is 65.7 Å². The third-order valence-electron chi connectivity index (χ3n) is 20.1. The first-order valence-electron chi connectivity index (χ1n) is 40.4. The third-order valence-corrected chi connectivity index (χ3v) is 26.1. The number of benzene rings is 12. The number of anilines is 7. The number of rotatable bonds is 11. The number of fused-ring (bicyclic) bond motifs is 8. The monoisotopic (exact) mass is 2130 g/mol. The molecule has 0 saturated carbocycles. The van der Waals surface area contributed by atoms with Gasteiger partial charge in [0.1, 0.15) is 18.4 Å². The molecule has 683 valence electrons. The molecule has 0 amide bonds. The molecule has 4 aliphatic heterocycles. The number of hydrogen-bond donors (Lipinski definition) is 6. The predicted octanol–water partition coefficient (Wildman–Crippen LogP) is 29.6. The number of esters is 2. The average molecular weight is 2140 g/mol. The van der Waals surface area contributed by atoms with Crippen LogP contribution >= 0.6 is 171 Å². The number of aromatic nitrogens is 1. The smallest absolute Gasteiger partial charge is 0.336 e. The van der Waals surface area contributed by atoms with Gasteiger partial charge < -0.3 is 55.4 Å². The van der Waals surface area contributed by atoms with Crippen molar-refractivity contribution in [1.29, 1.82) is 0 Å². The maximum atomic E-state index is 12.3. The van der Waals surface area contributed by atoms with Crippen LogP contribution in [-0.4, -0.2) is 103 Å². The van der Waals surface area contributed by atoms with Gasteiger partial charge >= 0.3 is 29.8 Å². The highest BCUT2D eigenvalue weighted by atomic mass is 79.9. The van der Waals surface area contributed by atoms with Gasteiger partial charge in [-0.2, -0.15) is 0 Å². The van der Waals surface area contributed by atoms with Crippen molar-refractivity contribution in [1.82, 2.24) is 4.98 Å². The standard InChI is InChI=1S/C18H17Cl2NO2.C16H13Cl2NO2.C15H12Cl2O2.C14H9Cl2NO.C14H11Cl2N.C8H7BrO2.C6H5Cl2N.C4H7BrO2.C4H8O.B/c1-3-23-16(22)10-21-15-8-11(2)4-5-12(15)9-13-6-7-14(19)17(20)18(13)21;1-9-2-3-10-7-11-4-5-12(17)15(18)16(11)19(8-14(20)21)13(10)6-9;1-9-5-6-12(15(18)19)11(7-9)8-10-3-2-4-13(16)14(10)17;1-7-2-3-8-11(6-7)17-13-9(14(8)18)4-5-10(15)12(13)16;1-8-2-3-9-7-10-4-5-11(15)13(16)14(10)17-12(9)6-8;1-5-2-3-6(8(10)11)7(9)4-5;7-4-2-1-3-5(9)6(4)8;1-2-7-4(6)3-5;1-2-4-5-3-1;/h4-8H,3,9-10H2,1-2H3;2-6H,7-8H2,1H3,(H,20,21);2-7H,8H2,1H3,(H,18,19);2-6H,1H3,(H,17,18);2-6,17H,7H2,1H3;2-4H,1H3,(H,10,11);1-3H,9H2;2-3H2,1H3;1-4H2;. The minimum atomic E-state index is -0.937. The van der Waals surface area contributed by atoms with Crippen molar-refractivity contribution in [2.24, 2.45) is 0 Å². The molecule has 1 fully saturated rings.